The van der Waals surface area contributed by atoms with Crippen molar-refractivity contribution in [2.75, 3.05) is 6.61 Å². The summed E-state index contributed by atoms with van der Waals surface area (Å²) in [6.07, 6.45) is 2.21. The van der Waals surface area contributed by atoms with Gasteiger partial charge in [0.25, 0.3) is 0 Å². The number of carboxylic acids is 1. The molecule has 1 aromatic rings. The van der Waals surface area contributed by atoms with Gasteiger partial charge in [-0.05, 0) is 36.8 Å². The minimum absolute atomic E-state index is 0.282. The van der Waals surface area contributed by atoms with Gasteiger partial charge >= 0.3 is 5.97 Å². The van der Waals surface area contributed by atoms with Crippen LogP contribution in [0.2, 0.25) is 0 Å². The summed E-state index contributed by atoms with van der Waals surface area (Å²) in [5.74, 6) is 0.270. The van der Waals surface area contributed by atoms with Gasteiger partial charge in [0.1, 0.15) is 11.8 Å². The summed E-state index contributed by atoms with van der Waals surface area (Å²) < 4.78 is 5.63. The van der Waals surface area contributed by atoms with Crippen molar-refractivity contribution in [3.63, 3.8) is 0 Å². The van der Waals surface area contributed by atoms with Crippen LogP contribution in [-0.2, 0) is 11.2 Å². The van der Waals surface area contributed by atoms with Gasteiger partial charge in [-0.15, -0.1) is 0 Å². The molecule has 0 aromatic heterocycles. The van der Waals surface area contributed by atoms with Crippen LogP contribution in [0.1, 0.15) is 18.4 Å². The molecule has 0 aliphatic carbocycles. The summed E-state index contributed by atoms with van der Waals surface area (Å²) in [6.45, 7) is 0.633. The van der Waals surface area contributed by atoms with E-state index in [9.17, 15) is 4.79 Å². The first-order chi connectivity index (χ1) is 8.16. The quantitative estimate of drug-likeness (QED) is 0.831. The average Bonchev–Trinajstić information content (AvgIpc) is 2.50. The van der Waals surface area contributed by atoms with Crippen LogP contribution in [-0.4, -0.2) is 23.7 Å². The van der Waals surface area contributed by atoms with Gasteiger partial charge in [0.2, 0.25) is 0 Å². The van der Waals surface area contributed by atoms with E-state index in [1.54, 1.807) is 0 Å². The maximum Gasteiger partial charge on any atom is 0.320 e. The highest BCUT2D eigenvalue weighted by Crippen LogP contribution is 2.28. The van der Waals surface area contributed by atoms with Crippen molar-refractivity contribution >= 4 is 5.97 Å². The Labute approximate surface area is 100 Å². The van der Waals surface area contributed by atoms with Crippen LogP contribution in [0.5, 0.6) is 5.75 Å². The predicted molar refractivity (Wildman–Crippen MR) is 64.0 cm³/mol. The first kappa shape index (κ1) is 11.9. The largest absolute Gasteiger partial charge is 0.493 e. The van der Waals surface area contributed by atoms with Gasteiger partial charge in [-0.2, -0.15) is 0 Å². The molecule has 0 spiro atoms. The lowest BCUT2D eigenvalue weighted by Gasteiger charge is -2.15. The van der Waals surface area contributed by atoms with E-state index in [2.05, 4.69) is 0 Å². The van der Waals surface area contributed by atoms with E-state index >= 15 is 0 Å². The number of rotatable bonds is 3. The van der Waals surface area contributed by atoms with Crippen LogP contribution in [0, 0.1) is 5.92 Å². The molecule has 1 aliphatic rings. The highest BCUT2D eigenvalue weighted by Gasteiger charge is 2.22. The monoisotopic (exact) mass is 235 g/mol. The molecule has 3 N–H and O–H groups in total. The third-order valence-electron chi connectivity index (χ3n) is 3.17. The second-order valence-electron chi connectivity index (χ2n) is 4.50. The third kappa shape index (κ3) is 2.97. The lowest BCUT2D eigenvalue weighted by atomic mass is 9.91. The minimum Gasteiger partial charge on any atom is -0.493 e. The van der Waals surface area contributed by atoms with Crippen LogP contribution >= 0.6 is 0 Å². The highest BCUT2D eigenvalue weighted by atomic mass is 16.5. The van der Waals surface area contributed by atoms with Crippen molar-refractivity contribution in [1.29, 1.82) is 0 Å². The van der Waals surface area contributed by atoms with Crippen molar-refractivity contribution in [1.82, 2.24) is 0 Å². The number of carboxylic acid groups (broad SMARTS) is 1. The molecule has 4 heteroatoms. The van der Waals surface area contributed by atoms with Gasteiger partial charge in [-0.1, -0.05) is 18.2 Å². The van der Waals surface area contributed by atoms with Crippen LogP contribution in [0.25, 0.3) is 0 Å². The number of para-hydroxylation sites is 1. The molecule has 0 fully saturated rings. The maximum absolute atomic E-state index is 10.7. The molecule has 1 aliphatic heterocycles. The first-order valence-corrected chi connectivity index (χ1v) is 5.86. The molecule has 0 amide bonds. The molecular formula is C13H17NO3. The number of hydrogen-bond donors (Lipinski definition) is 2. The molecule has 17 heavy (non-hydrogen) atoms. The molecule has 0 radical (unpaired) electrons. The zero-order valence-corrected chi connectivity index (χ0v) is 9.63. The zero-order valence-electron chi connectivity index (χ0n) is 9.63. The van der Waals surface area contributed by atoms with E-state index in [4.69, 9.17) is 15.6 Å². The van der Waals surface area contributed by atoms with E-state index in [-0.39, 0.29) is 5.92 Å². The van der Waals surface area contributed by atoms with Gasteiger partial charge in [-0.25, -0.2) is 0 Å². The van der Waals surface area contributed by atoms with E-state index in [0.29, 0.717) is 13.0 Å². The number of ether oxygens (including phenoxy) is 1. The third-order valence-corrected chi connectivity index (χ3v) is 3.17. The molecular weight excluding hydrogens is 218 g/mol. The molecule has 92 valence electrons. The second-order valence-corrected chi connectivity index (χ2v) is 4.50. The summed E-state index contributed by atoms with van der Waals surface area (Å²) in [7, 11) is 0. The second kappa shape index (κ2) is 5.19. The zero-order chi connectivity index (χ0) is 12.3. The number of fused-ring (bicyclic) bond motifs is 1. The van der Waals surface area contributed by atoms with Crippen LogP contribution in [0.15, 0.2) is 24.3 Å². The topological polar surface area (TPSA) is 72.5 Å². The molecule has 1 heterocycles. The minimum atomic E-state index is -0.927. The van der Waals surface area contributed by atoms with Gasteiger partial charge < -0.3 is 15.6 Å². The fraction of sp³-hybridized carbons (Fsp3) is 0.462. The molecule has 0 saturated carbocycles. The van der Waals surface area contributed by atoms with Gasteiger partial charge in [0.05, 0.1) is 6.61 Å². The van der Waals surface area contributed by atoms with E-state index < -0.39 is 12.0 Å². The van der Waals surface area contributed by atoms with Crippen molar-refractivity contribution in [2.45, 2.75) is 25.3 Å². The van der Waals surface area contributed by atoms with Crippen LogP contribution in [0.3, 0.4) is 0 Å². The molecule has 4 nitrogen and oxygen atoms in total. The molecule has 0 bridgehead atoms. The van der Waals surface area contributed by atoms with E-state index in [1.807, 2.05) is 24.3 Å². The molecule has 0 saturated heterocycles. The summed E-state index contributed by atoms with van der Waals surface area (Å²) in [6, 6.07) is 7.13. The van der Waals surface area contributed by atoms with Gasteiger partial charge in [0.15, 0.2) is 0 Å². The summed E-state index contributed by atoms with van der Waals surface area (Å²) >= 11 is 0. The van der Waals surface area contributed by atoms with E-state index in [1.165, 1.54) is 0 Å². The van der Waals surface area contributed by atoms with Crippen LogP contribution < -0.4 is 10.5 Å². The summed E-state index contributed by atoms with van der Waals surface area (Å²) in [5, 5.41) is 8.82. The molecule has 2 rings (SSSR count). The van der Waals surface area contributed by atoms with Gasteiger partial charge in [0, 0.05) is 0 Å². The first-order valence-electron chi connectivity index (χ1n) is 5.86. The van der Waals surface area contributed by atoms with Crippen molar-refractivity contribution in [2.24, 2.45) is 11.7 Å². The Morgan fingerprint density at radius 1 is 1.53 bits per heavy atom. The smallest absolute Gasteiger partial charge is 0.320 e. The number of aliphatic carboxylic acids is 1. The lowest BCUT2D eigenvalue weighted by Crippen LogP contribution is -2.33. The highest BCUT2D eigenvalue weighted by molar-refractivity contribution is 5.73. The number of hydrogen-bond acceptors (Lipinski definition) is 3. The van der Waals surface area contributed by atoms with Crippen molar-refractivity contribution < 1.29 is 14.6 Å². The normalized spacial score (nSPS) is 20.9. The maximum atomic E-state index is 10.7. The average molecular weight is 235 g/mol. The van der Waals surface area contributed by atoms with Crippen molar-refractivity contribution in [3.05, 3.63) is 29.8 Å². The Morgan fingerprint density at radius 3 is 3.06 bits per heavy atom. The van der Waals surface area contributed by atoms with Crippen molar-refractivity contribution in [3.8, 4) is 5.75 Å². The Bertz CT molecular complexity index is 405. The fourth-order valence-electron chi connectivity index (χ4n) is 2.22. The molecule has 1 aromatic carbocycles. The van der Waals surface area contributed by atoms with Gasteiger partial charge in [-0.3, -0.25) is 4.79 Å². The van der Waals surface area contributed by atoms with E-state index in [0.717, 1.165) is 24.2 Å². The molecule has 1 unspecified atom stereocenters. The SMILES string of the molecule is NC(C[C@@H]1CCOc2ccccc2C1)C(=O)O. The Kier molecular flexibility index (Phi) is 3.64. The predicted octanol–water partition coefficient (Wildman–Crippen LogP) is 1.43. The summed E-state index contributed by atoms with van der Waals surface area (Å²) in [5.41, 5.74) is 6.72. The Morgan fingerprint density at radius 2 is 2.29 bits per heavy atom. The number of benzene rings is 1. The standard InChI is InChI=1S/C13H17NO3/c14-11(13(15)16)8-9-5-6-17-12-4-2-1-3-10(12)7-9/h1-4,9,11H,5-8,14H2,(H,15,16)/t9-,11?/m1/s1. The fourth-order valence-corrected chi connectivity index (χ4v) is 2.22. The Balaban J connectivity index is 2.05. The number of carbonyl (C=O) groups is 1. The van der Waals surface area contributed by atoms with Crippen LogP contribution in [0.4, 0.5) is 0 Å². The number of nitrogens with two attached hydrogens (primary N) is 1. The summed E-state index contributed by atoms with van der Waals surface area (Å²) in [4.78, 5) is 10.7. The Hall–Kier alpha value is -1.55. The molecule has 2 atom stereocenters. The lowest BCUT2D eigenvalue weighted by molar-refractivity contribution is -0.139.